The molecule has 0 aliphatic carbocycles. The first-order chi connectivity index (χ1) is 8.65. The molecular weight excluding hydrogens is 252 g/mol. The largest absolute Gasteiger partial charge is 0.478 e. The van der Waals surface area contributed by atoms with Gasteiger partial charge in [0.05, 0.1) is 17.8 Å². The predicted octanol–water partition coefficient (Wildman–Crippen LogP) is 2.68. The lowest BCUT2D eigenvalue weighted by Crippen LogP contribution is -2.01. The maximum Gasteiger partial charge on any atom is 0.328 e. The van der Waals surface area contributed by atoms with E-state index >= 15 is 0 Å². The maximum atomic E-state index is 10.5. The number of hydrogen-bond acceptors (Lipinski definition) is 2. The van der Waals surface area contributed by atoms with Gasteiger partial charge in [0.2, 0.25) is 0 Å². The first-order valence-electron chi connectivity index (χ1n) is 5.32. The Morgan fingerprint density at radius 3 is 2.89 bits per heavy atom. The number of nitrogens with zero attached hydrogens (tertiary/aromatic N) is 2. The van der Waals surface area contributed by atoms with Gasteiger partial charge in [-0.15, -0.1) is 0 Å². The van der Waals surface area contributed by atoms with Crippen LogP contribution in [0.1, 0.15) is 11.1 Å². The van der Waals surface area contributed by atoms with Crippen LogP contribution in [0.25, 0.3) is 6.08 Å². The number of carbonyl (C=O) groups is 1. The van der Waals surface area contributed by atoms with Crippen molar-refractivity contribution in [2.45, 2.75) is 6.54 Å². The van der Waals surface area contributed by atoms with Crippen molar-refractivity contribution in [2.24, 2.45) is 0 Å². The van der Waals surface area contributed by atoms with Gasteiger partial charge in [-0.2, -0.15) is 5.10 Å². The Kier molecular flexibility index (Phi) is 3.79. The second-order valence-corrected chi connectivity index (χ2v) is 4.16. The summed E-state index contributed by atoms with van der Waals surface area (Å²) < 4.78 is 1.70. The van der Waals surface area contributed by atoms with Crippen molar-refractivity contribution in [3.05, 3.63) is 58.9 Å². The lowest BCUT2D eigenvalue weighted by molar-refractivity contribution is -0.131. The molecule has 0 aliphatic heterocycles. The SMILES string of the molecule is O=C(O)/C=C/c1ccccc1Cn1cc(Cl)cn1. The van der Waals surface area contributed by atoms with E-state index in [2.05, 4.69) is 5.10 Å². The second kappa shape index (κ2) is 5.51. The molecule has 5 heteroatoms. The zero-order chi connectivity index (χ0) is 13.0. The fraction of sp³-hybridized carbons (Fsp3) is 0.0769. The molecule has 18 heavy (non-hydrogen) atoms. The highest BCUT2D eigenvalue weighted by Gasteiger charge is 2.02. The first-order valence-corrected chi connectivity index (χ1v) is 5.70. The van der Waals surface area contributed by atoms with Crippen LogP contribution in [0.5, 0.6) is 0 Å². The summed E-state index contributed by atoms with van der Waals surface area (Å²) in [5, 5.41) is 13.3. The molecule has 0 radical (unpaired) electrons. The summed E-state index contributed by atoms with van der Waals surface area (Å²) in [6.07, 6.45) is 5.98. The van der Waals surface area contributed by atoms with Gasteiger partial charge in [-0.05, 0) is 17.2 Å². The summed E-state index contributed by atoms with van der Waals surface area (Å²) >= 11 is 5.79. The number of halogens is 1. The van der Waals surface area contributed by atoms with Crippen molar-refractivity contribution in [1.29, 1.82) is 0 Å². The quantitative estimate of drug-likeness (QED) is 0.862. The minimum atomic E-state index is -0.966. The topological polar surface area (TPSA) is 55.1 Å². The molecular formula is C13H11ClN2O2. The molecule has 1 N–H and O–H groups in total. The van der Waals surface area contributed by atoms with Crippen LogP contribution in [0.15, 0.2) is 42.7 Å². The molecule has 0 spiro atoms. The van der Waals surface area contributed by atoms with Gasteiger partial charge in [-0.1, -0.05) is 35.9 Å². The third kappa shape index (κ3) is 3.21. The van der Waals surface area contributed by atoms with E-state index < -0.39 is 5.97 Å². The highest BCUT2D eigenvalue weighted by molar-refractivity contribution is 6.30. The number of aliphatic carboxylic acids is 1. The van der Waals surface area contributed by atoms with E-state index in [0.717, 1.165) is 17.2 Å². The van der Waals surface area contributed by atoms with Gasteiger partial charge in [0.15, 0.2) is 0 Å². The smallest absolute Gasteiger partial charge is 0.328 e. The van der Waals surface area contributed by atoms with Gasteiger partial charge in [-0.25, -0.2) is 4.79 Å². The molecule has 0 aliphatic rings. The molecule has 0 saturated heterocycles. The third-order valence-electron chi connectivity index (χ3n) is 2.39. The molecule has 0 atom stereocenters. The average molecular weight is 263 g/mol. The van der Waals surface area contributed by atoms with Gasteiger partial charge >= 0.3 is 5.97 Å². The van der Waals surface area contributed by atoms with Gasteiger partial charge in [-0.3, -0.25) is 4.68 Å². The fourth-order valence-electron chi connectivity index (χ4n) is 1.60. The molecule has 0 saturated carbocycles. The van der Waals surface area contributed by atoms with Crippen LogP contribution in [0.3, 0.4) is 0 Å². The molecule has 1 aromatic carbocycles. The summed E-state index contributed by atoms with van der Waals surface area (Å²) in [7, 11) is 0. The van der Waals surface area contributed by atoms with Crippen LogP contribution < -0.4 is 0 Å². The molecule has 1 aromatic heterocycles. The van der Waals surface area contributed by atoms with Gasteiger partial charge in [0.1, 0.15) is 0 Å². The third-order valence-corrected chi connectivity index (χ3v) is 2.59. The summed E-state index contributed by atoms with van der Waals surface area (Å²) in [6.45, 7) is 0.548. The van der Waals surface area contributed by atoms with Crippen LogP contribution in [0.2, 0.25) is 5.02 Å². The number of rotatable bonds is 4. The van der Waals surface area contributed by atoms with E-state index in [-0.39, 0.29) is 0 Å². The van der Waals surface area contributed by atoms with Crippen LogP contribution in [0.4, 0.5) is 0 Å². The Hall–Kier alpha value is -2.07. The van der Waals surface area contributed by atoms with E-state index in [1.807, 2.05) is 24.3 Å². The minimum absolute atomic E-state index is 0.548. The minimum Gasteiger partial charge on any atom is -0.478 e. The zero-order valence-electron chi connectivity index (χ0n) is 9.45. The van der Waals surface area contributed by atoms with Crippen molar-refractivity contribution in [3.8, 4) is 0 Å². The molecule has 0 amide bonds. The summed E-state index contributed by atoms with van der Waals surface area (Å²) in [5.41, 5.74) is 1.83. The molecule has 2 rings (SSSR count). The standard InChI is InChI=1S/C13H11ClN2O2/c14-12-7-15-16(9-12)8-11-4-2-1-3-10(11)5-6-13(17)18/h1-7,9H,8H2,(H,17,18)/b6-5+. The summed E-state index contributed by atoms with van der Waals surface area (Å²) in [5.74, 6) is -0.966. The Morgan fingerprint density at radius 2 is 2.22 bits per heavy atom. The summed E-state index contributed by atoms with van der Waals surface area (Å²) in [6, 6.07) is 7.55. The van der Waals surface area contributed by atoms with Crippen molar-refractivity contribution in [2.75, 3.05) is 0 Å². The normalized spacial score (nSPS) is 10.9. The van der Waals surface area contributed by atoms with Crippen molar-refractivity contribution in [3.63, 3.8) is 0 Å². The average Bonchev–Trinajstić information content (AvgIpc) is 2.73. The highest BCUT2D eigenvalue weighted by Crippen LogP contribution is 2.13. The van der Waals surface area contributed by atoms with Gasteiger partial charge in [0.25, 0.3) is 0 Å². The maximum absolute atomic E-state index is 10.5. The van der Waals surface area contributed by atoms with E-state index in [0.29, 0.717) is 11.6 Å². The molecule has 0 fully saturated rings. The van der Waals surface area contributed by atoms with Crippen molar-refractivity contribution >= 4 is 23.6 Å². The Bertz CT molecular complexity index is 590. The fourth-order valence-corrected chi connectivity index (χ4v) is 1.76. The van der Waals surface area contributed by atoms with E-state index in [1.165, 1.54) is 0 Å². The van der Waals surface area contributed by atoms with Gasteiger partial charge < -0.3 is 5.11 Å². The molecule has 2 aromatic rings. The monoisotopic (exact) mass is 262 g/mol. The van der Waals surface area contributed by atoms with Crippen molar-refractivity contribution < 1.29 is 9.90 Å². The van der Waals surface area contributed by atoms with Crippen LogP contribution in [-0.2, 0) is 11.3 Å². The Morgan fingerprint density at radius 1 is 1.44 bits per heavy atom. The van der Waals surface area contributed by atoms with E-state index in [4.69, 9.17) is 16.7 Å². The lowest BCUT2D eigenvalue weighted by atomic mass is 10.1. The predicted molar refractivity (Wildman–Crippen MR) is 69.5 cm³/mol. The Labute approximate surface area is 109 Å². The highest BCUT2D eigenvalue weighted by atomic mass is 35.5. The second-order valence-electron chi connectivity index (χ2n) is 3.73. The molecule has 0 unspecified atom stereocenters. The van der Waals surface area contributed by atoms with E-state index in [1.54, 1.807) is 23.2 Å². The zero-order valence-corrected chi connectivity index (χ0v) is 10.2. The number of carboxylic acids is 1. The number of aromatic nitrogens is 2. The van der Waals surface area contributed by atoms with Crippen molar-refractivity contribution in [1.82, 2.24) is 9.78 Å². The van der Waals surface area contributed by atoms with E-state index in [9.17, 15) is 4.79 Å². The Balaban J connectivity index is 2.24. The van der Waals surface area contributed by atoms with Crippen LogP contribution in [0, 0.1) is 0 Å². The molecule has 0 bridgehead atoms. The van der Waals surface area contributed by atoms with Crippen LogP contribution in [-0.4, -0.2) is 20.9 Å². The lowest BCUT2D eigenvalue weighted by Gasteiger charge is -2.05. The summed E-state index contributed by atoms with van der Waals surface area (Å²) in [4.78, 5) is 10.5. The molecule has 92 valence electrons. The first kappa shape index (κ1) is 12.4. The number of carboxylic acid groups (broad SMARTS) is 1. The van der Waals surface area contributed by atoms with Gasteiger partial charge in [0, 0.05) is 12.3 Å². The number of hydrogen-bond donors (Lipinski definition) is 1. The number of benzene rings is 1. The van der Waals surface area contributed by atoms with Crippen LogP contribution >= 0.6 is 11.6 Å². The molecule has 1 heterocycles. The molecule has 4 nitrogen and oxygen atoms in total.